The molecule has 0 N–H and O–H groups in total. The summed E-state index contributed by atoms with van der Waals surface area (Å²) in [6.45, 7) is 0. The Morgan fingerprint density at radius 2 is 1.74 bits per heavy atom. The van der Waals surface area contributed by atoms with Gasteiger partial charge in [-0.3, -0.25) is 10.1 Å². The van der Waals surface area contributed by atoms with Crippen LogP contribution in [-0.2, 0) is 0 Å². The predicted molar refractivity (Wildman–Crippen MR) is 71.6 cm³/mol. The van der Waals surface area contributed by atoms with Crippen molar-refractivity contribution in [2.75, 3.05) is 7.11 Å². The second kappa shape index (κ2) is 5.43. The maximum atomic E-state index is 10.6. The van der Waals surface area contributed by atoms with Crippen LogP contribution in [0.2, 0.25) is 0 Å². The van der Waals surface area contributed by atoms with E-state index in [2.05, 4.69) is 0 Å². The van der Waals surface area contributed by atoms with Gasteiger partial charge in [-0.05, 0) is 35.8 Å². The van der Waals surface area contributed by atoms with E-state index < -0.39 is 4.92 Å². The first-order chi connectivity index (χ1) is 9.10. The minimum Gasteiger partial charge on any atom is -0.497 e. The summed E-state index contributed by atoms with van der Waals surface area (Å²) in [5, 5.41) is 10.6. The number of nitro groups is 1. The Balaban J connectivity index is 2.20. The van der Waals surface area contributed by atoms with Gasteiger partial charge >= 0.3 is 0 Å². The fourth-order valence-electron chi connectivity index (χ4n) is 1.51. The zero-order chi connectivity index (χ0) is 13.8. The molecule has 5 nitrogen and oxygen atoms in total. The Kier molecular flexibility index (Phi) is 3.70. The van der Waals surface area contributed by atoms with Crippen LogP contribution in [0.4, 0.5) is 5.69 Å². The van der Waals surface area contributed by atoms with Gasteiger partial charge in [0.2, 0.25) is 0 Å². The molecular formula is C13H10BNO4. The Morgan fingerprint density at radius 1 is 1.11 bits per heavy atom. The zero-order valence-electron chi connectivity index (χ0n) is 10.2. The molecule has 6 heteroatoms. The molecule has 0 atom stereocenters. The normalized spacial score (nSPS) is 9.95. The first kappa shape index (κ1) is 12.9. The third kappa shape index (κ3) is 3.04. The number of hydrogen-bond donors (Lipinski definition) is 0. The van der Waals surface area contributed by atoms with Gasteiger partial charge in [-0.15, -0.1) is 0 Å². The summed E-state index contributed by atoms with van der Waals surface area (Å²) in [6.07, 6.45) is 0. The van der Waals surface area contributed by atoms with Gasteiger partial charge in [0.05, 0.1) is 12.0 Å². The summed E-state index contributed by atoms with van der Waals surface area (Å²) < 4.78 is 10.6. The first-order valence-corrected chi connectivity index (χ1v) is 5.46. The van der Waals surface area contributed by atoms with Crippen LogP contribution in [-0.4, -0.2) is 19.9 Å². The highest BCUT2D eigenvalue weighted by Gasteiger charge is 2.09. The van der Waals surface area contributed by atoms with Gasteiger partial charge in [0.25, 0.3) is 5.69 Å². The molecule has 19 heavy (non-hydrogen) atoms. The van der Waals surface area contributed by atoms with Crippen molar-refractivity contribution in [2.24, 2.45) is 0 Å². The van der Waals surface area contributed by atoms with Crippen LogP contribution < -0.4 is 14.9 Å². The van der Waals surface area contributed by atoms with E-state index in [0.29, 0.717) is 17.2 Å². The number of non-ortho nitro benzene ring substituents is 1. The standard InChI is InChI=1S/C13H10BNO4/c1-18-10-3-5-11(6-4-10)19-13-7-2-9(15(16)17)8-12(13)14/h2-8H,1H3. The predicted octanol–water partition coefficient (Wildman–Crippen LogP) is 2.19. The van der Waals surface area contributed by atoms with E-state index in [0.717, 1.165) is 0 Å². The Morgan fingerprint density at radius 3 is 2.26 bits per heavy atom. The van der Waals surface area contributed by atoms with Gasteiger partial charge in [0, 0.05) is 12.1 Å². The van der Waals surface area contributed by atoms with Gasteiger partial charge in [-0.2, -0.15) is 0 Å². The molecule has 0 saturated heterocycles. The van der Waals surface area contributed by atoms with Crippen LogP contribution in [0, 0.1) is 10.1 Å². The molecule has 0 amide bonds. The summed E-state index contributed by atoms with van der Waals surface area (Å²) in [5.74, 6) is 1.65. The van der Waals surface area contributed by atoms with E-state index in [4.69, 9.17) is 17.3 Å². The zero-order valence-corrected chi connectivity index (χ0v) is 10.2. The lowest BCUT2D eigenvalue weighted by atomic mass is 9.94. The van der Waals surface area contributed by atoms with E-state index in [-0.39, 0.29) is 11.2 Å². The van der Waals surface area contributed by atoms with Gasteiger partial charge in [-0.25, -0.2) is 0 Å². The topological polar surface area (TPSA) is 61.6 Å². The highest BCUT2D eigenvalue weighted by Crippen LogP contribution is 2.23. The van der Waals surface area contributed by atoms with Crippen molar-refractivity contribution in [2.45, 2.75) is 0 Å². The fraction of sp³-hybridized carbons (Fsp3) is 0.0769. The quantitative estimate of drug-likeness (QED) is 0.477. The fourth-order valence-corrected chi connectivity index (χ4v) is 1.51. The highest BCUT2D eigenvalue weighted by molar-refractivity contribution is 6.34. The molecule has 0 heterocycles. The molecule has 2 aromatic carbocycles. The van der Waals surface area contributed by atoms with Gasteiger partial charge in [-0.1, -0.05) is 0 Å². The average Bonchev–Trinajstić information content (AvgIpc) is 2.41. The van der Waals surface area contributed by atoms with Crippen molar-refractivity contribution >= 4 is 19.0 Å². The maximum absolute atomic E-state index is 10.6. The van der Waals surface area contributed by atoms with Crippen LogP contribution in [0.1, 0.15) is 0 Å². The maximum Gasteiger partial charge on any atom is 0.269 e. The summed E-state index contributed by atoms with van der Waals surface area (Å²) in [6, 6.07) is 11.0. The number of ether oxygens (including phenoxy) is 2. The Hall–Kier alpha value is -2.50. The van der Waals surface area contributed by atoms with Gasteiger partial charge in [0.1, 0.15) is 25.1 Å². The molecule has 2 aromatic rings. The molecule has 0 aliphatic rings. The Bertz CT molecular complexity index is 598. The van der Waals surface area contributed by atoms with E-state index >= 15 is 0 Å². The van der Waals surface area contributed by atoms with Gasteiger partial charge < -0.3 is 9.47 Å². The molecule has 2 rings (SSSR count). The molecular weight excluding hydrogens is 245 g/mol. The molecule has 0 saturated carbocycles. The Labute approximate surface area is 111 Å². The summed E-state index contributed by atoms with van der Waals surface area (Å²) >= 11 is 0. The minimum atomic E-state index is -0.506. The number of hydrogen-bond acceptors (Lipinski definition) is 4. The van der Waals surface area contributed by atoms with Gasteiger partial charge in [0.15, 0.2) is 0 Å². The summed E-state index contributed by atoms with van der Waals surface area (Å²) in [5.41, 5.74) is 0.143. The van der Waals surface area contributed by atoms with Crippen LogP contribution in [0.15, 0.2) is 42.5 Å². The number of methoxy groups -OCH3 is 1. The smallest absolute Gasteiger partial charge is 0.269 e. The van der Waals surface area contributed by atoms with Crippen molar-refractivity contribution in [3.8, 4) is 17.2 Å². The van der Waals surface area contributed by atoms with E-state index in [1.165, 1.54) is 18.2 Å². The largest absolute Gasteiger partial charge is 0.497 e. The van der Waals surface area contributed by atoms with Crippen LogP contribution in [0.25, 0.3) is 0 Å². The van der Waals surface area contributed by atoms with Crippen molar-refractivity contribution in [3.05, 3.63) is 52.6 Å². The molecule has 0 unspecified atom stereocenters. The highest BCUT2D eigenvalue weighted by atomic mass is 16.6. The lowest BCUT2D eigenvalue weighted by Gasteiger charge is -2.09. The second-order valence-corrected chi connectivity index (χ2v) is 3.76. The molecule has 0 aliphatic carbocycles. The number of nitro benzene ring substituents is 1. The molecule has 0 spiro atoms. The number of rotatable bonds is 4. The average molecular weight is 255 g/mol. The molecule has 2 radical (unpaired) electrons. The minimum absolute atomic E-state index is 0.0698. The van der Waals surface area contributed by atoms with Crippen LogP contribution >= 0.6 is 0 Å². The third-order valence-corrected chi connectivity index (χ3v) is 2.49. The second-order valence-electron chi connectivity index (χ2n) is 3.76. The van der Waals surface area contributed by atoms with Crippen LogP contribution in [0.3, 0.4) is 0 Å². The molecule has 0 aromatic heterocycles. The lowest BCUT2D eigenvalue weighted by Crippen LogP contribution is -2.07. The summed E-state index contributed by atoms with van der Waals surface area (Å²) in [7, 11) is 7.28. The SMILES string of the molecule is [B]c1cc([N+](=O)[O-])ccc1Oc1ccc(OC)cc1. The van der Waals surface area contributed by atoms with Crippen molar-refractivity contribution in [3.63, 3.8) is 0 Å². The molecule has 0 aliphatic heterocycles. The number of benzene rings is 2. The van der Waals surface area contributed by atoms with Crippen molar-refractivity contribution in [1.29, 1.82) is 0 Å². The third-order valence-electron chi connectivity index (χ3n) is 2.49. The number of nitrogens with zero attached hydrogens (tertiary/aromatic N) is 1. The molecule has 0 fully saturated rings. The van der Waals surface area contributed by atoms with Crippen molar-refractivity contribution in [1.82, 2.24) is 0 Å². The first-order valence-electron chi connectivity index (χ1n) is 5.46. The van der Waals surface area contributed by atoms with E-state index in [1.54, 1.807) is 31.4 Å². The monoisotopic (exact) mass is 255 g/mol. The lowest BCUT2D eigenvalue weighted by molar-refractivity contribution is -0.384. The van der Waals surface area contributed by atoms with E-state index in [1.807, 2.05) is 0 Å². The molecule has 0 bridgehead atoms. The van der Waals surface area contributed by atoms with E-state index in [9.17, 15) is 10.1 Å². The molecule has 94 valence electrons. The van der Waals surface area contributed by atoms with Crippen molar-refractivity contribution < 1.29 is 14.4 Å². The summed E-state index contributed by atoms with van der Waals surface area (Å²) in [4.78, 5) is 10.1. The van der Waals surface area contributed by atoms with Crippen LogP contribution in [0.5, 0.6) is 17.2 Å².